The molecular weight excluding hydrogens is 360 g/mol. The van der Waals surface area contributed by atoms with Crippen LogP contribution in [0.5, 0.6) is 0 Å². The highest BCUT2D eigenvalue weighted by atomic mass is 16.1. The summed E-state index contributed by atoms with van der Waals surface area (Å²) in [6, 6.07) is 19.8. The second-order valence-electron chi connectivity index (χ2n) is 7.37. The van der Waals surface area contributed by atoms with Crippen molar-refractivity contribution in [1.29, 1.82) is 0 Å². The van der Waals surface area contributed by atoms with Gasteiger partial charge in [-0.2, -0.15) is 0 Å². The fraction of sp³-hybridized carbons (Fsp3) is 0.250. The van der Waals surface area contributed by atoms with Crippen LogP contribution < -0.4 is 15.5 Å². The average Bonchev–Trinajstić information content (AvgIpc) is 2.75. The summed E-state index contributed by atoms with van der Waals surface area (Å²) in [7, 11) is 2.06. The number of hydrogen-bond acceptors (Lipinski definition) is 4. The Bertz CT molecular complexity index is 970. The number of aromatic nitrogens is 1. The first-order valence-corrected chi connectivity index (χ1v) is 10.1. The first-order chi connectivity index (χ1) is 14.2. The van der Waals surface area contributed by atoms with Gasteiger partial charge in [0, 0.05) is 49.8 Å². The number of benzene rings is 2. The Morgan fingerprint density at radius 1 is 1.03 bits per heavy atom. The van der Waals surface area contributed by atoms with Crippen LogP contribution in [-0.2, 0) is 12.8 Å². The van der Waals surface area contributed by atoms with E-state index in [2.05, 4.69) is 33.6 Å². The van der Waals surface area contributed by atoms with Crippen LogP contribution in [0, 0.1) is 0 Å². The van der Waals surface area contributed by atoms with Crippen LogP contribution in [0.15, 0.2) is 66.9 Å². The lowest BCUT2D eigenvalue weighted by atomic mass is 9.97. The monoisotopic (exact) mass is 386 g/mol. The molecule has 2 N–H and O–H groups in total. The van der Waals surface area contributed by atoms with Crippen LogP contribution in [0.3, 0.4) is 0 Å². The van der Waals surface area contributed by atoms with Gasteiger partial charge >= 0.3 is 0 Å². The van der Waals surface area contributed by atoms with Crippen LogP contribution in [-0.4, -0.2) is 31.0 Å². The molecule has 1 aliphatic rings. The smallest absolute Gasteiger partial charge is 0.257 e. The zero-order valence-electron chi connectivity index (χ0n) is 16.7. The van der Waals surface area contributed by atoms with Gasteiger partial charge in [-0.1, -0.05) is 18.2 Å². The SMILES string of the molecule is CN1CCCc2cccc(C(=O)Nc3ccc(NCCc4ccccn4)cc3)c21. The minimum absolute atomic E-state index is 0.0635. The number of para-hydroxylation sites is 1. The van der Waals surface area contributed by atoms with Crippen molar-refractivity contribution in [3.8, 4) is 0 Å². The van der Waals surface area contributed by atoms with Gasteiger partial charge in [-0.15, -0.1) is 0 Å². The van der Waals surface area contributed by atoms with Crippen molar-refractivity contribution in [1.82, 2.24) is 4.98 Å². The molecule has 1 aromatic heterocycles. The molecule has 148 valence electrons. The number of pyridine rings is 1. The molecule has 0 fully saturated rings. The van der Waals surface area contributed by atoms with Gasteiger partial charge in [-0.3, -0.25) is 9.78 Å². The minimum Gasteiger partial charge on any atom is -0.385 e. The summed E-state index contributed by atoms with van der Waals surface area (Å²) < 4.78 is 0. The van der Waals surface area contributed by atoms with E-state index in [0.29, 0.717) is 0 Å². The number of carbonyl (C=O) groups is 1. The largest absolute Gasteiger partial charge is 0.385 e. The third-order valence-electron chi connectivity index (χ3n) is 5.26. The molecule has 0 atom stereocenters. The predicted octanol–water partition coefficient (Wildman–Crippen LogP) is 4.37. The predicted molar refractivity (Wildman–Crippen MR) is 119 cm³/mol. The average molecular weight is 386 g/mol. The van der Waals surface area contributed by atoms with E-state index in [1.54, 1.807) is 0 Å². The van der Waals surface area contributed by atoms with Gasteiger partial charge in [0.1, 0.15) is 0 Å². The van der Waals surface area contributed by atoms with Crippen LogP contribution >= 0.6 is 0 Å². The summed E-state index contributed by atoms with van der Waals surface area (Å²) in [4.78, 5) is 19.4. The maximum absolute atomic E-state index is 12.9. The molecule has 0 unspecified atom stereocenters. The Kier molecular flexibility index (Phi) is 5.75. The number of amides is 1. The number of carbonyl (C=O) groups excluding carboxylic acids is 1. The van der Waals surface area contributed by atoms with Crippen LogP contribution in [0.4, 0.5) is 17.1 Å². The molecule has 1 aliphatic heterocycles. The Morgan fingerprint density at radius 2 is 1.86 bits per heavy atom. The number of anilines is 3. The van der Waals surface area contributed by atoms with Crippen molar-refractivity contribution < 1.29 is 4.79 Å². The zero-order valence-corrected chi connectivity index (χ0v) is 16.7. The van der Waals surface area contributed by atoms with E-state index in [4.69, 9.17) is 0 Å². The van der Waals surface area contributed by atoms with Crippen LogP contribution in [0.2, 0.25) is 0 Å². The molecule has 0 radical (unpaired) electrons. The third-order valence-corrected chi connectivity index (χ3v) is 5.26. The second kappa shape index (κ2) is 8.78. The quantitative estimate of drug-likeness (QED) is 0.660. The van der Waals surface area contributed by atoms with Gasteiger partial charge in [-0.25, -0.2) is 0 Å². The lowest BCUT2D eigenvalue weighted by Crippen LogP contribution is -2.28. The molecule has 0 saturated carbocycles. The lowest BCUT2D eigenvalue weighted by Gasteiger charge is -2.29. The Balaban J connectivity index is 1.37. The zero-order chi connectivity index (χ0) is 20.1. The van der Waals surface area contributed by atoms with E-state index in [0.717, 1.165) is 60.7 Å². The molecule has 0 spiro atoms. The topological polar surface area (TPSA) is 57.3 Å². The Morgan fingerprint density at radius 3 is 2.66 bits per heavy atom. The standard InChI is InChI=1S/C24H26N4O/c1-28-17-5-7-18-6-4-9-22(23(18)28)24(29)27-21-12-10-20(11-13-21)26-16-14-19-8-2-3-15-25-19/h2-4,6,8-13,15,26H,5,7,14,16-17H2,1H3,(H,27,29). The molecule has 2 aromatic carbocycles. The molecule has 3 aromatic rings. The highest BCUT2D eigenvalue weighted by Gasteiger charge is 2.21. The summed E-state index contributed by atoms with van der Waals surface area (Å²) in [5, 5.41) is 6.43. The Hall–Kier alpha value is -3.34. The number of nitrogens with zero attached hydrogens (tertiary/aromatic N) is 2. The first-order valence-electron chi connectivity index (χ1n) is 10.1. The fourth-order valence-corrected chi connectivity index (χ4v) is 3.80. The minimum atomic E-state index is -0.0635. The molecular formula is C24H26N4O. The number of rotatable bonds is 6. The molecule has 5 heteroatoms. The summed E-state index contributed by atoms with van der Waals surface area (Å²) in [6.45, 7) is 1.79. The summed E-state index contributed by atoms with van der Waals surface area (Å²) in [6.07, 6.45) is 4.84. The van der Waals surface area contributed by atoms with E-state index in [1.165, 1.54) is 5.56 Å². The van der Waals surface area contributed by atoms with Gasteiger partial charge in [0.25, 0.3) is 5.91 Å². The van der Waals surface area contributed by atoms with E-state index in [1.807, 2.05) is 60.8 Å². The normalized spacial score (nSPS) is 12.9. The lowest BCUT2D eigenvalue weighted by molar-refractivity contribution is 0.102. The van der Waals surface area contributed by atoms with Crippen molar-refractivity contribution in [2.75, 3.05) is 35.7 Å². The van der Waals surface area contributed by atoms with Gasteiger partial charge in [0.05, 0.1) is 11.3 Å². The number of hydrogen-bond donors (Lipinski definition) is 2. The molecule has 4 rings (SSSR count). The Labute approximate surface area is 171 Å². The fourth-order valence-electron chi connectivity index (χ4n) is 3.80. The molecule has 2 heterocycles. The highest BCUT2D eigenvalue weighted by molar-refractivity contribution is 6.08. The second-order valence-corrected chi connectivity index (χ2v) is 7.37. The summed E-state index contributed by atoms with van der Waals surface area (Å²) in [5.74, 6) is -0.0635. The maximum Gasteiger partial charge on any atom is 0.257 e. The van der Waals surface area contributed by atoms with Crippen molar-refractivity contribution in [2.45, 2.75) is 19.3 Å². The van der Waals surface area contributed by atoms with Gasteiger partial charge in [-0.05, 0) is 60.9 Å². The molecule has 29 heavy (non-hydrogen) atoms. The van der Waals surface area contributed by atoms with E-state index < -0.39 is 0 Å². The van der Waals surface area contributed by atoms with Crippen LogP contribution in [0.1, 0.15) is 28.0 Å². The molecule has 5 nitrogen and oxygen atoms in total. The molecule has 0 bridgehead atoms. The van der Waals surface area contributed by atoms with E-state index in [-0.39, 0.29) is 5.91 Å². The van der Waals surface area contributed by atoms with Crippen molar-refractivity contribution in [3.63, 3.8) is 0 Å². The van der Waals surface area contributed by atoms with E-state index in [9.17, 15) is 4.79 Å². The molecule has 0 aliphatic carbocycles. The maximum atomic E-state index is 12.9. The number of fused-ring (bicyclic) bond motifs is 1. The molecule has 0 saturated heterocycles. The summed E-state index contributed by atoms with van der Waals surface area (Å²) in [5.41, 5.74) is 5.93. The van der Waals surface area contributed by atoms with Crippen LogP contribution in [0.25, 0.3) is 0 Å². The van der Waals surface area contributed by atoms with Crippen molar-refractivity contribution in [3.05, 3.63) is 83.7 Å². The van der Waals surface area contributed by atoms with Crippen molar-refractivity contribution in [2.24, 2.45) is 0 Å². The van der Waals surface area contributed by atoms with Gasteiger partial charge in [0.2, 0.25) is 0 Å². The van der Waals surface area contributed by atoms with Crippen molar-refractivity contribution >= 4 is 23.0 Å². The summed E-state index contributed by atoms with van der Waals surface area (Å²) >= 11 is 0. The van der Waals surface area contributed by atoms with Gasteiger partial charge < -0.3 is 15.5 Å². The highest BCUT2D eigenvalue weighted by Crippen LogP contribution is 2.30. The number of nitrogens with one attached hydrogen (secondary N) is 2. The van der Waals surface area contributed by atoms with Gasteiger partial charge in [0.15, 0.2) is 0 Å². The third kappa shape index (κ3) is 4.57. The molecule has 1 amide bonds. The first kappa shape index (κ1) is 19.0. The number of aryl methyl sites for hydroxylation is 1. The van der Waals surface area contributed by atoms with E-state index >= 15 is 0 Å².